The average Bonchev–Trinajstić information content (AvgIpc) is 2.27. The molecule has 7 nitrogen and oxygen atoms in total. The molecule has 0 saturated heterocycles. The van der Waals surface area contributed by atoms with Crippen molar-refractivity contribution in [1.82, 2.24) is 15.4 Å². The van der Waals surface area contributed by atoms with Crippen molar-refractivity contribution in [3.05, 3.63) is 11.8 Å². The van der Waals surface area contributed by atoms with Crippen LogP contribution in [-0.2, 0) is 11.0 Å². The lowest BCUT2D eigenvalue weighted by atomic mass is 10.4. The predicted octanol–water partition coefficient (Wildman–Crippen LogP) is 0.601. The highest BCUT2D eigenvalue weighted by Crippen LogP contribution is 2.30. The molecule has 3 N–H and O–H groups in total. The largest absolute Gasteiger partial charge is 0.481 e. The van der Waals surface area contributed by atoms with Gasteiger partial charge in [-0.15, -0.1) is 0 Å². The molecule has 0 fully saturated rings. The molecule has 0 bridgehead atoms. The molecular formula is C8H10F3N5O2. The van der Waals surface area contributed by atoms with Crippen molar-refractivity contribution in [3.8, 4) is 5.88 Å². The summed E-state index contributed by atoms with van der Waals surface area (Å²) >= 11 is 0. The maximum absolute atomic E-state index is 12.5. The fourth-order valence-electron chi connectivity index (χ4n) is 0.948. The average molecular weight is 265 g/mol. The number of aliphatic imine (C=N–C) groups is 1. The minimum absolute atomic E-state index is 0.277. The Labute approximate surface area is 99.8 Å². The van der Waals surface area contributed by atoms with Crippen LogP contribution in [-0.4, -0.2) is 30.1 Å². The van der Waals surface area contributed by atoms with Gasteiger partial charge in [0, 0.05) is 6.07 Å². The zero-order chi connectivity index (χ0) is 13.8. The minimum Gasteiger partial charge on any atom is -0.481 e. The van der Waals surface area contributed by atoms with Gasteiger partial charge in [-0.05, 0) is 0 Å². The van der Waals surface area contributed by atoms with E-state index in [1.165, 1.54) is 14.2 Å². The number of aromatic nitrogens is 2. The Kier molecular flexibility index (Phi) is 4.26. The molecule has 0 aliphatic heterocycles. The number of nitrogens with one attached hydrogen (secondary N) is 1. The number of ether oxygens (including phenoxy) is 1. The molecule has 1 heterocycles. The number of hydroxylamine groups is 1. The van der Waals surface area contributed by atoms with E-state index in [-0.39, 0.29) is 11.8 Å². The van der Waals surface area contributed by atoms with Crippen LogP contribution in [0.1, 0.15) is 5.69 Å². The van der Waals surface area contributed by atoms with Crippen molar-refractivity contribution in [2.75, 3.05) is 14.2 Å². The highest BCUT2D eigenvalue weighted by molar-refractivity contribution is 5.78. The Morgan fingerprint density at radius 1 is 1.39 bits per heavy atom. The molecule has 0 saturated carbocycles. The summed E-state index contributed by atoms with van der Waals surface area (Å²) in [4.78, 5) is 14.7. The van der Waals surface area contributed by atoms with E-state index in [0.717, 1.165) is 0 Å². The van der Waals surface area contributed by atoms with Gasteiger partial charge >= 0.3 is 6.18 Å². The zero-order valence-corrected chi connectivity index (χ0v) is 9.45. The number of nitrogens with two attached hydrogens (primary N) is 1. The summed E-state index contributed by atoms with van der Waals surface area (Å²) in [6, 6.07) is 0.652. The van der Waals surface area contributed by atoms with Crippen LogP contribution in [0.25, 0.3) is 0 Å². The Bertz CT molecular complexity index is 449. The van der Waals surface area contributed by atoms with Gasteiger partial charge in [0.2, 0.25) is 11.8 Å². The molecule has 0 spiro atoms. The summed E-state index contributed by atoms with van der Waals surface area (Å²) in [7, 11) is 2.43. The topological polar surface area (TPSA) is 94.7 Å². The maximum atomic E-state index is 12.5. The van der Waals surface area contributed by atoms with Gasteiger partial charge in [-0.1, -0.05) is 0 Å². The van der Waals surface area contributed by atoms with Gasteiger partial charge in [0.05, 0.1) is 14.2 Å². The maximum Gasteiger partial charge on any atom is 0.433 e. The van der Waals surface area contributed by atoms with Crippen LogP contribution in [0, 0.1) is 0 Å². The van der Waals surface area contributed by atoms with Crippen molar-refractivity contribution in [3.63, 3.8) is 0 Å². The molecule has 18 heavy (non-hydrogen) atoms. The number of guanidine groups is 1. The number of halogens is 3. The second-order valence-electron chi connectivity index (χ2n) is 2.90. The van der Waals surface area contributed by atoms with E-state index in [4.69, 9.17) is 5.73 Å². The molecule has 0 amide bonds. The van der Waals surface area contributed by atoms with E-state index in [1.54, 1.807) is 0 Å². The highest BCUT2D eigenvalue weighted by Gasteiger charge is 2.34. The Morgan fingerprint density at radius 3 is 2.56 bits per heavy atom. The summed E-state index contributed by atoms with van der Waals surface area (Å²) in [5.41, 5.74) is 6.21. The summed E-state index contributed by atoms with van der Waals surface area (Å²) in [5, 5.41) is 0. The quantitative estimate of drug-likeness (QED) is 0.472. The Hall–Kier alpha value is -2.10. The number of nitrogens with zero attached hydrogens (tertiary/aromatic N) is 3. The molecule has 0 aliphatic carbocycles. The number of methoxy groups -OCH3 is 1. The van der Waals surface area contributed by atoms with Gasteiger partial charge in [0.1, 0.15) is 0 Å². The van der Waals surface area contributed by atoms with Gasteiger partial charge in [0.25, 0.3) is 5.95 Å². The first-order chi connectivity index (χ1) is 8.36. The molecule has 0 radical (unpaired) electrons. The molecule has 0 unspecified atom stereocenters. The molecule has 1 aromatic rings. The lowest BCUT2D eigenvalue weighted by Gasteiger charge is -2.08. The van der Waals surface area contributed by atoms with Crippen LogP contribution >= 0.6 is 0 Å². The molecule has 100 valence electrons. The van der Waals surface area contributed by atoms with Crippen LogP contribution in [0.4, 0.5) is 19.1 Å². The van der Waals surface area contributed by atoms with Crippen LogP contribution < -0.4 is 16.0 Å². The van der Waals surface area contributed by atoms with Gasteiger partial charge in [-0.3, -0.25) is 4.84 Å². The smallest absolute Gasteiger partial charge is 0.433 e. The molecule has 0 atom stereocenters. The Morgan fingerprint density at radius 2 is 2.06 bits per heavy atom. The lowest BCUT2D eigenvalue weighted by Crippen LogP contribution is -2.30. The van der Waals surface area contributed by atoms with E-state index in [9.17, 15) is 13.2 Å². The standard InChI is InChI=1S/C8H10F3N5O2/c1-17-5-3-4(8(9,10)11)13-7(14-5)15-6(12)16-18-2/h3H,1-2H3,(H3,12,13,14,15,16). The van der Waals surface area contributed by atoms with E-state index >= 15 is 0 Å². The third-order valence-electron chi connectivity index (χ3n) is 1.62. The molecule has 1 aromatic heterocycles. The molecule has 1 rings (SSSR count). The summed E-state index contributed by atoms with van der Waals surface area (Å²) < 4.78 is 42.1. The summed E-state index contributed by atoms with van der Waals surface area (Å²) in [6.07, 6.45) is -4.63. The van der Waals surface area contributed by atoms with Crippen LogP contribution in [0.15, 0.2) is 11.1 Å². The van der Waals surface area contributed by atoms with Gasteiger partial charge in [-0.25, -0.2) is 10.5 Å². The van der Waals surface area contributed by atoms with E-state index < -0.39 is 17.8 Å². The van der Waals surface area contributed by atoms with Crippen molar-refractivity contribution < 1.29 is 22.7 Å². The van der Waals surface area contributed by atoms with Gasteiger partial charge < -0.3 is 10.5 Å². The number of hydrogen-bond donors (Lipinski definition) is 2. The van der Waals surface area contributed by atoms with Gasteiger partial charge in [0.15, 0.2) is 5.69 Å². The number of alkyl halides is 3. The third-order valence-corrected chi connectivity index (χ3v) is 1.62. The normalized spacial score (nSPS) is 12.4. The molecule has 0 aromatic carbocycles. The highest BCUT2D eigenvalue weighted by atomic mass is 19.4. The number of rotatable bonds is 3. The minimum atomic E-state index is -4.63. The summed E-state index contributed by atoms with van der Waals surface area (Å²) in [5.74, 6) is -1.07. The second-order valence-corrected chi connectivity index (χ2v) is 2.90. The Balaban J connectivity index is 3.16. The number of hydrogen-bond acceptors (Lipinski definition) is 5. The molecular weight excluding hydrogens is 255 g/mol. The fourth-order valence-corrected chi connectivity index (χ4v) is 0.948. The second kappa shape index (κ2) is 5.49. The van der Waals surface area contributed by atoms with Crippen molar-refractivity contribution in [2.24, 2.45) is 10.7 Å². The fraction of sp³-hybridized carbons (Fsp3) is 0.375. The first-order valence-corrected chi connectivity index (χ1v) is 4.50. The SMILES string of the molecule is CONC(N)=Nc1nc(OC)cc(C(F)(F)F)n1. The first kappa shape index (κ1) is 14.0. The van der Waals surface area contributed by atoms with E-state index in [2.05, 4.69) is 30.0 Å². The van der Waals surface area contributed by atoms with Crippen molar-refractivity contribution in [2.45, 2.75) is 6.18 Å². The van der Waals surface area contributed by atoms with Crippen LogP contribution in [0.5, 0.6) is 5.88 Å². The van der Waals surface area contributed by atoms with Crippen LogP contribution in [0.2, 0.25) is 0 Å². The predicted molar refractivity (Wildman–Crippen MR) is 55.0 cm³/mol. The van der Waals surface area contributed by atoms with Crippen molar-refractivity contribution >= 4 is 11.9 Å². The molecule has 10 heteroatoms. The third kappa shape index (κ3) is 3.73. The van der Waals surface area contributed by atoms with E-state index in [1.807, 2.05) is 0 Å². The monoisotopic (exact) mass is 265 g/mol. The summed E-state index contributed by atoms with van der Waals surface area (Å²) in [6.45, 7) is 0. The lowest BCUT2D eigenvalue weighted by molar-refractivity contribution is -0.141. The molecule has 0 aliphatic rings. The first-order valence-electron chi connectivity index (χ1n) is 4.50. The zero-order valence-electron chi connectivity index (χ0n) is 9.45. The van der Waals surface area contributed by atoms with E-state index in [0.29, 0.717) is 6.07 Å². The van der Waals surface area contributed by atoms with Crippen LogP contribution in [0.3, 0.4) is 0 Å². The van der Waals surface area contributed by atoms with Crippen molar-refractivity contribution in [1.29, 1.82) is 0 Å². The van der Waals surface area contributed by atoms with Gasteiger partial charge in [-0.2, -0.15) is 23.1 Å².